The van der Waals surface area contributed by atoms with Crippen LogP contribution in [0.25, 0.3) is 0 Å². The Hall–Kier alpha value is -0.950. The van der Waals surface area contributed by atoms with Crippen LogP contribution in [0.4, 0.5) is 5.69 Å². The minimum Gasteiger partial charge on any atom is -0.755 e. The molecule has 0 fully saturated rings. The average molecular weight is 202 g/mol. The minimum atomic E-state index is -2.47. The van der Waals surface area contributed by atoms with Crippen molar-refractivity contribution < 1.29 is 19.0 Å². The summed E-state index contributed by atoms with van der Waals surface area (Å²) in [7, 11) is 0. The van der Waals surface area contributed by atoms with Crippen LogP contribution >= 0.6 is 0 Å². The van der Waals surface area contributed by atoms with Crippen LogP contribution in [-0.2, 0) is 11.3 Å². The van der Waals surface area contributed by atoms with Crippen LogP contribution in [-0.4, -0.2) is 19.0 Å². The number of aliphatic hydroxyl groups excluding tert-OH is 1. The summed E-state index contributed by atoms with van der Waals surface area (Å²) in [5, 5.41) is 17.7. The van der Waals surface area contributed by atoms with Gasteiger partial charge in [-0.3, -0.25) is 4.21 Å². The van der Waals surface area contributed by atoms with Crippen LogP contribution in [0, 0.1) is 0 Å². The van der Waals surface area contributed by atoms with E-state index >= 15 is 0 Å². The van der Waals surface area contributed by atoms with E-state index in [1.54, 1.807) is 12.1 Å². The van der Waals surface area contributed by atoms with Gasteiger partial charge in [-0.25, -0.2) is 0 Å². The van der Waals surface area contributed by atoms with Crippen LogP contribution < -0.4 is 4.72 Å². The van der Waals surface area contributed by atoms with E-state index in [9.17, 15) is 8.76 Å². The van der Waals surface area contributed by atoms with Gasteiger partial charge in [0.15, 0.2) is 6.29 Å². The highest BCUT2D eigenvalue weighted by Gasteiger charge is 2.07. The zero-order chi connectivity index (χ0) is 9.84. The predicted molar refractivity (Wildman–Crippen MR) is 46.2 cm³/mol. The third kappa shape index (κ3) is 2.78. The molecule has 1 aromatic rings. The quantitative estimate of drug-likeness (QED) is 0.470. The molecule has 0 heterocycles. The molecule has 72 valence electrons. The van der Waals surface area contributed by atoms with Crippen molar-refractivity contribution in [2.45, 2.75) is 6.29 Å². The number of para-hydroxylation sites is 1. The Kier molecular flexibility index (Phi) is 3.38. The first kappa shape index (κ1) is 10.1. The number of benzene rings is 1. The molecule has 3 N–H and O–H groups in total. The summed E-state index contributed by atoms with van der Waals surface area (Å²) in [6.07, 6.45) is -1.69. The van der Waals surface area contributed by atoms with Gasteiger partial charge in [0.1, 0.15) is 0 Å². The molecule has 5 nitrogen and oxygen atoms in total. The lowest BCUT2D eigenvalue weighted by molar-refractivity contribution is -0.0418. The molecule has 0 saturated carbocycles. The SMILES string of the molecule is O=S([O-])Nc1ccccc1C(O)O. The number of aliphatic hydroxyl groups is 2. The Morgan fingerprint density at radius 3 is 2.54 bits per heavy atom. The molecule has 1 rings (SSSR count). The fraction of sp³-hybridized carbons (Fsp3) is 0.143. The van der Waals surface area contributed by atoms with Gasteiger partial charge in [0.05, 0.1) is 5.69 Å². The zero-order valence-corrected chi connectivity index (χ0v) is 7.32. The molecular formula is C7H8NO4S-. The normalized spacial score (nSPS) is 12.9. The summed E-state index contributed by atoms with van der Waals surface area (Å²) in [6.45, 7) is 0. The molecule has 1 unspecified atom stereocenters. The first-order chi connectivity index (χ1) is 6.11. The molecule has 0 bridgehead atoms. The van der Waals surface area contributed by atoms with Crippen molar-refractivity contribution in [2.75, 3.05) is 4.72 Å². The standard InChI is InChI=1S/C7H9NO4S/c9-7(10)5-3-1-2-4-6(5)8-13(11)12/h1-4,7-10H,(H,11,12)/p-1. The van der Waals surface area contributed by atoms with Gasteiger partial charge in [-0.05, 0) is 6.07 Å². The third-order valence-electron chi connectivity index (χ3n) is 1.43. The van der Waals surface area contributed by atoms with Gasteiger partial charge in [0, 0.05) is 16.8 Å². The molecule has 0 aliphatic carbocycles. The van der Waals surface area contributed by atoms with Crippen LogP contribution in [0.3, 0.4) is 0 Å². The van der Waals surface area contributed by atoms with E-state index < -0.39 is 17.6 Å². The molecule has 0 spiro atoms. The third-order valence-corrected chi connectivity index (χ3v) is 1.82. The Morgan fingerprint density at radius 2 is 2.00 bits per heavy atom. The first-order valence-corrected chi connectivity index (χ1v) is 4.49. The maximum atomic E-state index is 10.3. The van der Waals surface area contributed by atoms with Crippen molar-refractivity contribution in [1.29, 1.82) is 0 Å². The fourth-order valence-corrected chi connectivity index (χ4v) is 1.27. The predicted octanol–water partition coefficient (Wildman–Crippen LogP) is -0.124. The van der Waals surface area contributed by atoms with Gasteiger partial charge < -0.3 is 19.5 Å². The average Bonchev–Trinajstić information content (AvgIpc) is 2.03. The van der Waals surface area contributed by atoms with Crippen LogP contribution in [0.1, 0.15) is 11.9 Å². The second kappa shape index (κ2) is 4.33. The Labute approximate surface area is 77.4 Å². The Bertz CT molecular complexity index is 315. The van der Waals surface area contributed by atoms with Crippen molar-refractivity contribution in [3.8, 4) is 0 Å². The lowest BCUT2D eigenvalue weighted by atomic mass is 10.2. The van der Waals surface area contributed by atoms with Gasteiger partial charge in [-0.1, -0.05) is 18.2 Å². The van der Waals surface area contributed by atoms with E-state index in [1.165, 1.54) is 12.1 Å². The van der Waals surface area contributed by atoms with E-state index in [4.69, 9.17) is 10.2 Å². The minimum absolute atomic E-state index is 0.117. The summed E-state index contributed by atoms with van der Waals surface area (Å²) in [4.78, 5) is 0. The summed E-state index contributed by atoms with van der Waals surface area (Å²) < 4.78 is 22.6. The maximum Gasteiger partial charge on any atom is 0.180 e. The van der Waals surface area contributed by atoms with Gasteiger partial charge in [-0.2, -0.15) is 0 Å². The highest BCUT2D eigenvalue weighted by atomic mass is 32.2. The monoisotopic (exact) mass is 202 g/mol. The van der Waals surface area contributed by atoms with E-state index in [0.717, 1.165) is 0 Å². The van der Waals surface area contributed by atoms with Crippen LogP contribution in [0.15, 0.2) is 24.3 Å². The molecule has 0 radical (unpaired) electrons. The van der Waals surface area contributed by atoms with Crippen LogP contribution in [0.5, 0.6) is 0 Å². The summed E-state index contributed by atoms with van der Waals surface area (Å²) >= 11 is -2.47. The van der Waals surface area contributed by atoms with Crippen molar-refractivity contribution in [3.63, 3.8) is 0 Å². The molecule has 1 atom stereocenters. The second-order valence-electron chi connectivity index (χ2n) is 2.30. The molecule has 0 aliphatic heterocycles. The van der Waals surface area contributed by atoms with E-state index in [-0.39, 0.29) is 11.3 Å². The van der Waals surface area contributed by atoms with Gasteiger partial charge in [0.2, 0.25) is 0 Å². The topological polar surface area (TPSA) is 92.6 Å². The lowest BCUT2D eigenvalue weighted by Gasteiger charge is -2.13. The molecule has 0 saturated heterocycles. The molecule has 0 aromatic heterocycles. The van der Waals surface area contributed by atoms with Gasteiger partial charge in [-0.15, -0.1) is 0 Å². The van der Waals surface area contributed by atoms with Crippen molar-refractivity contribution in [3.05, 3.63) is 29.8 Å². The fourth-order valence-electron chi connectivity index (χ4n) is 0.905. The van der Waals surface area contributed by atoms with E-state index in [0.29, 0.717) is 0 Å². The van der Waals surface area contributed by atoms with Crippen LogP contribution in [0.2, 0.25) is 0 Å². The smallest absolute Gasteiger partial charge is 0.180 e. The Balaban J connectivity index is 2.97. The highest BCUT2D eigenvalue weighted by Crippen LogP contribution is 2.20. The van der Waals surface area contributed by atoms with E-state index in [1.807, 2.05) is 0 Å². The highest BCUT2D eigenvalue weighted by molar-refractivity contribution is 7.80. The van der Waals surface area contributed by atoms with Crippen molar-refractivity contribution >= 4 is 17.0 Å². The molecular weight excluding hydrogens is 194 g/mol. The number of hydrogen-bond acceptors (Lipinski definition) is 4. The van der Waals surface area contributed by atoms with E-state index in [2.05, 4.69) is 4.72 Å². The largest absolute Gasteiger partial charge is 0.755 e. The molecule has 0 amide bonds. The maximum absolute atomic E-state index is 10.3. The molecule has 13 heavy (non-hydrogen) atoms. The van der Waals surface area contributed by atoms with Crippen molar-refractivity contribution in [2.24, 2.45) is 0 Å². The summed E-state index contributed by atoms with van der Waals surface area (Å²) in [5.74, 6) is 0. The molecule has 1 aromatic carbocycles. The number of hydrogen-bond donors (Lipinski definition) is 3. The first-order valence-electron chi connectivity index (χ1n) is 3.42. The number of nitrogens with one attached hydrogen (secondary N) is 1. The van der Waals surface area contributed by atoms with Gasteiger partial charge >= 0.3 is 0 Å². The summed E-state index contributed by atoms with van der Waals surface area (Å²) in [5.41, 5.74) is 0.275. The lowest BCUT2D eigenvalue weighted by Crippen LogP contribution is -2.07. The van der Waals surface area contributed by atoms with Crippen molar-refractivity contribution in [1.82, 2.24) is 0 Å². The van der Waals surface area contributed by atoms with Gasteiger partial charge in [0.25, 0.3) is 0 Å². The molecule has 6 heteroatoms. The summed E-state index contributed by atoms with van der Waals surface area (Å²) in [6, 6.07) is 6.01. The number of rotatable bonds is 3. The zero-order valence-electron chi connectivity index (χ0n) is 6.51. The number of anilines is 1. The second-order valence-corrected chi connectivity index (χ2v) is 2.97. The molecule has 0 aliphatic rings. The Morgan fingerprint density at radius 1 is 1.38 bits per heavy atom.